The minimum atomic E-state index is -3.08. The van der Waals surface area contributed by atoms with E-state index in [2.05, 4.69) is 15.5 Å². The van der Waals surface area contributed by atoms with Crippen LogP contribution in [0.3, 0.4) is 0 Å². The summed E-state index contributed by atoms with van der Waals surface area (Å²) in [6, 6.07) is 0. The predicted octanol–water partition coefficient (Wildman–Crippen LogP) is 0.676. The van der Waals surface area contributed by atoms with E-state index in [1.165, 1.54) is 10.6 Å². The summed E-state index contributed by atoms with van der Waals surface area (Å²) in [7, 11) is -3.08. The normalized spacial score (nSPS) is 26.0. The number of nitrogens with one attached hydrogen (secondary N) is 1. The van der Waals surface area contributed by atoms with Gasteiger partial charge in [-0.05, 0) is 32.2 Å². The standard InChI is InChI=1S/C13H22N4O3S/c1-21(18,19)17-7-4-10(5-8-17)12-15-16-13(20-12)11-3-2-6-14-9-11/h10-11,14H,2-9H2,1H3/t11-/m0/s1. The van der Waals surface area contributed by atoms with Crippen molar-refractivity contribution in [2.45, 2.75) is 37.5 Å². The van der Waals surface area contributed by atoms with E-state index in [0.29, 0.717) is 24.9 Å². The summed E-state index contributed by atoms with van der Waals surface area (Å²) in [6.45, 7) is 3.02. The Bertz CT molecular complexity index is 572. The van der Waals surface area contributed by atoms with Crippen LogP contribution >= 0.6 is 0 Å². The van der Waals surface area contributed by atoms with Crippen molar-refractivity contribution in [3.63, 3.8) is 0 Å². The molecule has 2 aliphatic heterocycles. The highest BCUT2D eigenvalue weighted by atomic mass is 32.2. The Morgan fingerprint density at radius 2 is 1.81 bits per heavy atom. The van der Waals surface area contributed by atoms with Crippen LogP contribution in [-0.2, 0) is 10.0 Å². The van der Waals surface area contributed by atoms with Crippen LogP contribution in [0.25, 0.3) is 0 Å². The van der Waals surface area contributed by atoms with Gasteiger partial charge >= 0.3 is 0 Å². The Morgan fingerprint density at radius 1 is 1.14 bits per heavy atom. The molecule has 0 bridgehead atoms. The van der Waals surface area contributed by atoms with Gasteiger partial charge in [0.1, 0.15) is 0 Å². The molecule has 0 unspecified atom stereocenters. The molecule has 0 spiro atoms. The van der Waals surface area contributed by atoms with Gasteiger partial charge in [0.25, 0.3) is 0 Å². The summed E-state index contributed by atoms with van der Waals surface area (Å²) >= 11 is 0. The molecule has 0 aromatic carbocycles. The van der Waals surface area contributed by atoms with Gasteiger partial charge in [-0.2, -0.15) is 0 Å². The Labute approximate surface area is 125 Å². The highest BCUT2D eigenvalue weighted by Gasteiger charge is 2.30. The first-order valence-electron chi connectivity index (χ1n) is 7.53. The SMILES string of the molecule is CS(=O)(=O)N1CCC(c2nnc([C@H]3CCCNC3)o2)CC1. The summed E-state index contributed by atoms with van der Waals surface area (Å²) in [5, 5.41) is 11.7. The second-order valence-corrected chi connectivity index (χ2v) is 7.94. The Hall–Kier alpha value is -0.990. The second kappa shape index (κ2) is 6.02. The van der Waals surface area contributed by atoms with E-state index in [0.717, 1.165) is 44.7 Å². The van der Waals surface area contributed by atoms with Crippen LogP contribution < -0.4 is 5.32 Å². The van der Waals surface area contributed by atoms with E-state index in [4.69, 9.17) is 4.42 Å². The molecule has 3 rings (SSSR count). The second-order valence-electron chi connectivity index (χ2n) is 5.96. The fourth-order valence-corrected chi connectivity index (χ4v) is 3.95. The van der Waals surface area contributed by atoms with Crippen LogP contribution in [-0.4, -0.2) is 55.4 Å². The summed E-state index contributed by atoms with van der Waals surface area (Å²) < 4.78 is 30.4. The van der Waals surface area contributed by atoms with E-state index < -0.39 is 10.0 Å². The van der Waals surface area contributed by atoms with E-state index in [-0.39, 0.29) is 5.92 Å². The van der Waals surface area contributed by atoms with Crippen LogP contribution in [0.5, 0.6) is 0 Å². The third-order valence-corrected chi connectivity index (χ3v) is 5.68. The summed E-state index contributed by atoms with van der Waals surface area (Å²) in [6.07, 6.45) is 4.97. The molecule has 1 aromatic heterocycles. The van der Waals surface area contributed by atoms with E-state index >= 15 is 0 Å². The first-order valence-corrected chi connectivity index (χ1v) is 9.38. The molecule has 2 saturated heterocycles. The van der Waals surface area contributed by atoms with Gasteiger partial charge in [0, 0.05) is 31.5 Å². The average molecular weight is 314 g/mol. The minimum Gasteiger partial charge on any atom is -0.425 e. The maximum atomic E-state index is 11.5. The molecule has 2 fully saturated rings. The maximum Gasteiger partial charge on any atom is 0.220 e. The first kappa shape index (κ1) is 14.9. The van der Waals surface area contributed by atoms with Crippen molar-refractivity contribution >= 4 is 10.0 Å². The molecule has 0 amide bonds. The van der Waals surface area contributed by atoms with Gasteiger partial charge in [-0.25, -0.2) is 12.7 Å². The number of nitrogens with zero attached hydrogens (tertiary/aromatic N) is 3. The third-order valence-electron chi connectivity index (χ3n) is 4.37. The summed E-state index contributed by atoms with van der Waals surface area (Å²) in [5.74, 6) is 1.89. The number of sulfonamides is 1. The quantitative estimate of drug-likeness (QED) is 0.882. The van der Waals surface area contributed by atoms with Crippen LogP contribution in [0, 0.1) is 0 Å². The predicted molar refractivity (Wildman–Crippen MR) is 77.5 cm³/mol. The molecule has 21 heavy (non-hydrogen) atoms. The number of hydrogen-bond acceptors (Lipinski definition) is 6. The van der Waals surface area contributed by atoms with Crippen molar-refractivity contribution in [1.82, 2.24) is 19.8 Å². The molecule has 2 aliphatic rings. The number of aromatic nitrogens is 2. The van der Waals surface area contributed by atoms with Gasteiger partial charge in [0.05, 0.1) is 6.26 Å². The Balaban J connectivity index is 1.62. The highest BCUT2D eigenvalue weighted by molar-refractivity contribution is 7.88. The van der Waals surface area contributed by atoms with E-state index in [9.17, 15) is 8.42 Å². The molecule has 8 heteroatoms. The summed E-state index contributed by atoms with van der Waals surface area (Å²) in [5.41, 5.74) is 0. The van der Waals surface area contributed by atoms with E-state index in [1.807, 2.05) is 0 Å². The summed E-state index contributed by atoms with van der Waals surface area (Å²) in [4.78, 5) is 0. The zero-order chi connectivity index (χ0) is 14.9. The minimum absolute atomic E-state index is 0.181. The fourth-order valence-electron chi connectivity index (χ4n) is 3.07. The molecular formula is C13H22N4O3S. The van der Waals surface area contributed by atoms with Gasteiger partial charge in [0.15, 0.2) is 0 Å². The molecule has 118 valence electrons. The molecule has 1 N–H and O–H groups in total. The lowest BCUT2D eigenvalue weighted by molar-refractivity contribution is 0.280. The van der Waals surface area contributed by atoms with Crippen LogP contribution in [0.4, 0.5) is 0 Å². The number of piperidine rings is 2. The van der Waals surface area contributed by atoms with Crippen LogP contribution in [0.1, 0.15) is 49.3 Å². The van der Waals surface area contributed by atoms with Crippen LogP contribution in [0.2, 0.25) is 0 Å². The number of rotatable bonds is 3. The van der Waals surface area contributed by atoms with Crippen molar-refractivity contribution in [2.75, 3.05) is 32.4 Å². The van der Waals surface area contributed by atoms with Crippen LogP contribution in [0.15, 0.2) is 4.42 Å². The molecule has 1 aromatic rings. The van der Waals surface area contributed by atoms with Crippen molar-refractivity contribution in [1.29, 1.82) is 0 Å². The lowest BCUT2D eigenvalue weighted by atomic mass is 9.98. The van der Waals surface area contributed by atoms with Crippen molar-refractivity contribution in [3.8, 4) is 0 Å². The topological polar surface area (TPSA) is 88.3 Å². The molecule has 7 nitrogen and oxygen atoms in total. The highest BCUT2D eigenvalue weighted by Crippen LogP contribution is 2.30. The van der Waals surface area contributed by atoms with Crippen molar-refractivity contribution in [3.05, 3.63) is 11.8 Å². The third kappa shape index (κ3) is 3.44. The smallest absolute Gasteiger partial charge is 0.220 e. The molecule has 3 heterocycles. The van der Waals surface area contributed by atoms with Gasteiger partial charge in [0.2, 0.25) is 21.8 Å². The number of hydrogen-bond donors (Lipinski definition) is 1. The molecule has 1 atom stereocenters. The molecule has 0 aliphatic carbocycles. The Morgan fingerprint density at radius 3 is 2.38 bits per heavy atom. The maximum absolute atomic E-state index is 11.5. The molecular weight excluding hydrogens is 292 g/mol. The van der Waals surface area contributed by atoms with Gasteiger partial charge in [-0.3, -0.25) is 0 Å². The zero-order valence-electron chi connectivity index (χ0n) is 12.3. The lowest BCUT2D eigenvalue weighted by Gasteiger charge is -2.28. The van der Waals surface area contributed by atoms with Crippen molar-refractivity contribution < 1.29 is 12.8 Å². The molecule has 0 radical (unpaired) electrons. The fraction of sp³-hybridized carbons (Fsp3) is 0.846. The average Bonchev–Trinajstić information content (AvgIpc) is 2.97. The lowest BCUT2D eigenvalue weighted by Crippen LogP contribution is -2.37. The van der Waals surface area contributed by atoms with E-state index in [1.54, 1.807) is 0 Å². The first-order chi connectivity index (χ1) is 10.0. The van der Waals surface area contributed by atoms with Gasteiger partial charge < -0.3 is 9.73 Å². The van der Waals surface area contributed by atoms with Crippen molar-refractivity contribution in [2.24, 2.45) is 0 Å². The van der Waals surface area contributed by atoms with Gasteiger partial charge in [-0.1, -0.05) is 0 Å². The Kier molecular flexibility index (Phi) is 4.28. The monoisotopic (exact) mass is 314 g/mol. The van der Waals surface area contributed by atoms with Gasteiger partial charge in [-0.15, -0.1) is 10.2 Å². The largest absolute Gasteiger partial charge is 0.425 e. The molecule has 0 saturated carbocycles. The zero-order valence-corrected chi connectivity index (χ0v) is 13.1.